The van der Waals surface area contributed by atoms with Gasteiger partial charge in [0.1, 0.15) is 24.7 Å². The van der Waals surface area contributed by atoms with Crippen molar-refractivity contribution in [3.05, 3.63) is 0 Å². The number of nitrogens with one attached hydrogen (secondary N) is 3. The molecule has 13 nitrogen and oxygen atoms in total. The number of hydrogen-bond donors (Lipinski definition) is 9. The lowest BCUT2D eigenvalue weighted by Gasteiger charge is -2.24. The van der Waals surface area contributed by atoms with Gasteiger partial charge >= 0.3 is 5.97 Å². The summed E-state index contributed by atoms with van der Waals surface area (Å²) in [5.41, 5.74) is 16.0. The van der Waals surface area contributed by atoms with Gasteiger partial charge in [-0.25, -0.2) is 0 Å². The van der Waals surface area contributed by atoms with Crippen molar-refractivity contribution in [1.82, 2.24) is 16.0 Å². The van der Waals surface area contributed by atoms with Gasteiger partial charge in [0.15, 0.2) is 5.96 Å². The zero-order chi connectivity index (χ0) is 22.6. The van der Waals surface area contributed by atoms with E-state index in [4.69, 9.17) is 22.3 Å². The van der Waals surface area contributed by atoms with E-state index < -0.39 is 54.5 Å². The molecule has 14 heteroatoms. The fraction of sp³-hybridized carbons (Fsp3) is 0.667. The van der Waals surface area contributed by atoms with Crippen LogP contribution in [-0.2, 0) is 19.2 Å². The van der Waals surface area contributed by atoms with Crippen LogP contribution < -0.4 is 33.2 Å². The highest BCUT2D eigenvalue weighted by molar-refractivity contribution is 7.80. The molecule has 0 saturated heterocycles. The van der Waals surface area contributed by atoms with E-state index in [1.807, 2.05) is 0 Å². The minimum absolute atomic E-state index is 0.108. The zero-order valence-electron chi connectivity index (χ0n) is 16.0. The Labute approximate surface area is 173 Å². The number of aliphatic imine (C=N–C) groups is 1. The Morgan fingerprint density at radius 3 is 2.14 bits per heavy atom. The summed E-state index contributed by atoms with van der Waals surface area (Å²) in [5.74, 6) is -3.72. The number of carboxylic acids is 1. The summed E-state index contributed by atoms with van der Waals surface area (Å²) in [7, 11) is 0. The standard InChI is InChI=1S/C15H29N7O6S/c1-7(23)11(16)14(28)21-8(3-2-4-19-15(17)18)13(27)22-9(6-29)12(26)20-5-10(24)25/h7-9,11,23,29H,2-6,16H2,1H3,(H,20,26)(H,21,28)(H,22,27)(H,24,25)(H4,17,18,19). The van der Waals surface area contributed by atoms with Crippen LogP contribution in [0.25, 0.3) is 0 Å². The molecule has 0 aliphatic carbocycles. The van der Waals surface area contributed by atoms with Crippen LogP contribution in [0.15, 0.2) is 4.99 Å². The monoisotopic (exact) mass is 435 g/mol. The number of amides is 3. The number of guanidine groups is 1. The van der Waals surface area contributed by atoms with Crippen LogP contribution in [-0.4, -0.2) is 82.9 Å². The molecular formula is C15H29N7O6S. The number of thiol groups is 1. The summed E-state index contributed by atoms with van der Waals surface area (Å²) in [6.07, 6.45) is -0.722. The molecule has 3 amide bonds. The van der Waals surface area contributed by atoms with E-state index in [1.54, 1.807) is 0 Å². The molecule has 0 aromatic rings. The first-order valence-electron chi connectivity index (χ1n) is 8.69. The molecule has 4 unspecified atom stereocenters. The molecule has 0 heterocycles. The van der Waals surface area contributed by atoms with Gasteiger partial charge in [-0.3, -0.25) is 24.2 Å². The predicted octanol–water partition coefficient (Wildman–Crippen LogP) is -4.15. The molecule has 0 aliphatic heterocycles. The predicted molar refractivity (Wildman–Crippen MR) is 108 cm³/mol. The van der Waals surface area contributed by atoms with Gasteiger partial charge < -0.3 is 43.4 Å². The molecule has 4 atom stereocenters. The Hall–Kier alpha value is -2.58. The Bertz CT molecular complexity index is 612. The number of carboxylic acid groups (broad SMARTS) is 1. The summed E-state index contributed by atoms with van der Waals surface area (Å²) in [5, 5.41) is 25.0. The van der Waals surface area contributed by atoms with Crippen LogP contribution in [0, 0.1) is 0 Å². The lowest BCUT2D eigenvalue weighted by atomic mass is 10.1. The van der Waals surface area contributed by atoms with Crippen LogP contribution in [0.4, 0.5) is 0 Å². The fourth-order valence-electron chi connectivity index (χ4n) is 2.01. The third kappa shape index (κ3) is 11.1. The van der Waals surface area contributed by atoms with Gasteiger partial charge in [0.2, 0.25) is 17.7 Å². The van der Waals surface area contributed by atoms with E-state index in [2.05, 4.69) is 33.6 Å². The summed E-state index contributed by atoms with van der Waals surface area (Å²) < 4.78 is 0. The highest BCUT2D eigenvalue weighted by Crippen LogP contribution is 2.02. The van der Waals surface area contributed by atoms with Crippen LogP contribution in [0.2, 0.25) is 0 Å². The number of aliphatic hydroxyl groups is 1. The number of carbonyl (C=O) groups excluding carboxylic acids is 3. The Morgan fingerprint density at radius 1 is 1.07 bits per heavy atom. The average Bonchev–Trinajstić information content (AvgIpc) is 2.64. The van der Waals surface area contributed by atoms with E-state index >= 15 is 0 Å². The Kier molecular flexibility index (Phi) is 12.4. The summed E-state index contributed by atoms with van der Waals surface area (Å²) in [4.78, 5) is 51.0. The second kappa shape index (κ2) is 13.6. The van der Waals surface area contributed by atoms with Gasteiger partial charge in [0, 0.05) is 12.3 Å². The largest absolute Gasteiger partial charge is 0.480 e. The number of carbonyl (C=O) groups is 4. The minimum Gasteiger partial charge on any atom is -0.480 e. The van der Waals surface area contributed by atoms with Gasteiger partial charge in [0.25, 0.3) is 0 Å². The smallest absolute Gasteiger partial charge is 0.322 e. The number of aliphatic hydroxyl groups excluding tert-OH is 1. The molecule has 0 rings (SSSR count). The van der Waals surface area contributed by atoms with E-state index in [0.29, 0.717) is 6.42 Å². The molecule has 0 saturated carbocycles. The van der Waals surface area contributed by atoms with Gasteiger partial charge in [-0.2, -0.15) is 12.6 Å². The molecule has 0 aromatic carbocycles. The molecule has 166 valence electrons. The second-order valence-electron chi connectivity index (χ2n) is 6.13. The summed E-state index contributed by atoms with van der Waals surface area (Å²) >= 11 is 3.97. The second-order valence-corrected chi connectivity index (χ2v) is 6.50. The van der Waals surface area contributed by atoms with Gasteiger partial charge in [-0.15, -0.1) is 0 Å². The SMILES string of the molecule is CC(O)C(N)C(=O)NC(CCCN=C(N)N)C(=O)NC(CS)C(=O)NCC(=O)O. The molecule has 0 radical (unpaired) electrons. The topological polar surface area (TPSA) is 235 Å². The third-order valence-corrected chi connectivity index (χ3v) is 4.00. The molecule has 0 bridgehead atoms. The molecule has 0 fully saturated rings. The number of hydrogen-bond acceptors (Lipinski definition) is 8. The van der Waals surface area contributed by atoms with Crippen LogP contribution in [0.1, 0.15) is 19.8 Å². The average molecular weight is 436 g/mol. The van der Waals surface area contributed by atoms with Gasteiger partial charge in [-0.1, -0.05) is 0 Å². The van der Waals surface area contributed by atoms with E-state index in [-0.39, 0.29) is 24.7 Å². The lowest BCUT2D eigenvalue weighted by molar-refractivity contribution is -0.138. The first-order chi connectivity index (χ1) is 13.5. The van der Waals surface area contributed by atoms with E-state index in [0.717, 1.165) is 0 Å². The fourth-order valence-corrected chi connectivity index (χ4v) is 2.27. The quantitative estimate of drug-likeness (QED) is 0.0590. The third-order valence-electron chi connectivity index (χ3n) is 3.63. The molecular weight excluding hydrogens is 406 g/mol. The molecule has 0 aliphatic rings. The van der Waals surface area contributed by atoms with Crippen molar-refractivity contribution < 1.29 is 29.4 Å². The van der Waals surface area contributed by atoms with E-state index in [9.17, 15) is 24.3 Å². The zero-order valence-corrected chi connectivity index (χ0v) is 16.9. The summed E-state index contributed by atoms with van der Waals surface area (Å²) in [6, 6.07) is -3.49. The highest BCUT2D eigenvalue weighted by Gasteiger charge is 2.28. The van der Waals surface area contributed by atoms with E-state index in [1.165, 1.54) is 6.92 Å². The Balaban J connectivity index is 5.12. The van der Waals surface area contributed by atoms with Crippen molar-refractivity contribution in [1.29, 1.82) is 0 Å². The highest BCUT2D eigenvalue weighted by atomic mass is 32.1. The van der Waals surface area contributed by atoms with Crippen LogP contribution in [0.3, 0.4) is 0 Å². The minimum atomic E-state index is -1.26. The van der Waals surface area contributed by atoms with Crippen molar-refractivity contribution in [3.63, 3.8) is 0 Å². The summed E-state index contributed by atoms with van der Waals surface area (Å²) in [6.45, 7) is 0.891. The van der Waals surface area contributed by atoms with Crippen molar-refractivity contribution in [2.24, 2.45) is 22.2 Å². The maximum atomic E-state index is 12.6. The first kappa shape index (κ1) is 26.4. The number of aliphatic carboxylic acids is 1. The number of nitrogens with two attached hydrogens (primary N) is 3. The lowest BCUT2D eigenvalue weighted by Crippen LogP contribution is -2.57. The molecule has 0 spiro atoms. The normalized spacial score (nSPS) is 14.6. The molecule has 29 heavy (non-hydrogen) atoms. The van der Waals surface area contributed by atoms with Crippen molar-refractivity contribution in [2.45, 2.75) is 44.0 Å². The number of rotatable bonds is 13. The number of nitrogens with zero attached hydrogens (tertiary/aromatic N) is 1. The Morgan fingerprint density at radius 2 is 1.66 bits per heavy atom. The molecule has 11 N–H and O–H groups in total. The van der Waals surface area contributed by atoms with Crippen LogP contribution >= 0.6 is 12.6 Å². The van der Waals surface area contributed by atoms with Crippen molar-refractivity contribution in [2.75, 3.05) is 18.8 Å². The maximum absolute atomic E-state index is 12.6. The maximum Gasteiger partial charge on any atom is 0.322 e. The first-order valence-corrected chi connectivity index (χ1v) is 9.33. The van der Waals surface area contributed by atoms with Gasteiger partial charge in [0.05, 0.1) is 6.10 Å². The van der Waals surface area contributed by atoms with Crippen LogP contribution in [0.5, 0.6) is 0 Å². The molecule has 0 aromatic heterocycles. The van der Waals surface area contributed by atoms with Crippen molar-refractivity contribution >= 4 is 42.3 Å². The van der Waals surface area contributed by atoms with Crippen molar-refractivity contribution in [3.8, 4) is 0 Å². The van der Waals surface area contributed by atoms with Gasteiger partial charge in [-0.05, 0) is 19.8 Å².